The third-order valence-corrected chi connectivity index (χ3v) is 3.27. The number of nitrogens with zero attached hydrogens (tertiary/aromatic N) is 5. The summed E-state index contributed by atoms with van der Waals surface area (Å²) in [5, 5.41) is 11.8. The lowest BCUT2D eigenvalue weighted by molar-refractivity contribution is 0.866. The number of hydrazone groups is 1. The van der Waals surface area contributed by atoms with Gasteiger partial charge in [0, 0.05) is 18.8 Å². The second-order valence-electron chi connectivity index (χ2n) is 4.57. The SMILES string of the molecule is CCN(CC)c1ccc(C=NNc2nnc(C)n2N)cc1. The molecule has 3 N–H and O–H groups in total. The van der Waals surface area contributed by atoms with Crippen molar-refractivity contribution in [3.63, 3.8) is 0 Å². The summed E-state index contributed by atoms with van der Waals surface area (Å²) < 4.78 is 1.35. The minimum Gasteiger partial charge on any atom is -0.372 e. The molecule has 0 aliphatic rings. The van der Waals surface area contributed by atoms with Gasteiger partial charge in [0.15, 0.2) is 5.82 Å². The first-order valence-electron chi connectivity index (χ1n) is 6.96. The monoisotopic (exact) mass is 287 g/mol. The Morgan fingerprint density at radius 2 is 1.90 bits per heavy atom. The molecule has 1 heterocycles. The topological polar surface area (TPSA) is 84.4 Å². The lowest BCUT2D eigenvalue weighted by Crippen LogP contribution is -2.21. The first-order valence-corrected chi connectivity index (χ1v) is 6.96. The van der Waals surface area contributed by atoms with E-state index in [0.29, 0.717) is 11.8 Å². The molecule has 0 saturated heterocycles. The summed E-state index contributed by atoms with van der Waals surface area (Å²) in [6.45, 7) is 8.06. The normalized spacial score (nSPS) is 11.0. The van der Waals surface area contributed by atoms with Crippen LogP contribution in [0.5, 0.6) is 0 Å². The molecular weight excluding hydrogens is 266 g/mol. The molecule has 2 rings (SSSR count). The molecule has 0 aliphatic heterocycles. The van der Waals surface area contributed by atoms with E-state index in [1.807, 2.05) is 12.1 Å². The van der Waals surface area contributed by atoms with Crippen molar-refractivity contribution in [3.05, 3.63) is 35.7 Å². The summed E-state index contributed by atoms with van der Waals surface area (Å²) in [5.74, 6) is 6.74. The highest BCUT2D eigenvalue weighted by molar-refractivity contribution is 5.80. The molecule has 0 saturated carbocycles. The minimum atomic E-state index is 0.406. The maximum atomic E-state index is 5.72. The Balaban J connectivity index is 2.00. The van der Waals surface area contributed by atoms with Crippen LogP contribution in [0.15, 0.2) is 29.4 Å². The van der Waals surface area contributed by atoms with Gasteiger partial charge in [0.2, 0.25) is 0 Å². The average molecular weight is 287 g/mol. The summed E-state index contributed by atoms with van der Waals surface area (Å²) in [5.41, 5.74) is 4.97. The number of hydrogen-bond acceptors (Lipinski definition) is 6. The fourth-order valence-electron chi connectivity index (χ4n) is 1.97. The van der Waals surface area contributed by atoms with E-state index in [4.69, 9.17) is 5.84 Å². The lowest BCUT2D eigenvalue weighted by atomic mass is 10.2. The van der Waals surface area contributed by atoms with Crippen LogP contribution < -0.4 is 16.2 Å². The molecule has 21 heavy (non-hydrogen) atoms. The van der Waals surface area contributed by atoms with Gasteiger partial charge in [0.05, 0.1) is 6.21 Å². The summed E-state index contributed by atoms with van der Waals surface area (Å²) in [6.07, 6.45) is 1.72. The van der Waals surface area contributed by atoms with Crippen molar-refractivity contribution in [2.24, 2.45) is 5.10 Å². The van der Waals surface area contributed by atoms with E-state index in [9.17, 15) is 0 Å². The van der Waals surface area contributed by atoms with E-state index in [2.05, 4.69) is 51.6 Å². The summed E-state index contributed by atoms with van der Waals surface area (Å²) in [7, 11) is 0. The molecule has 0 atom stereocenters. The maximum Gasteiger partial charge on any atom is 0.263 e. The number of aryl methyl sites for hydroxylation is 1. The van der Waals surface area contributed by atoms with Crippen molar-refractivity contribution in [1.82, 2.24) is 14.9 Å². The van der Waals surface area contributed by atoms with E-state index in [0.717, 1.165) is 18.7 Å². The third-order valence-electron chi connectivity index (χ3n) is 3.27. The van der Waals surface area contributed by atoms with Gasteiger partial charge < -0.3 is 10.7 Å². The molecule has 0 unspecified atom stereocenters. The zero-order chi connectivity index (χ0) is 15.2. The van der Waals surface area contributed by atoms with Gasteiger partial charge >= 0.3 is 0 Å². The predicted octanol–water partition coefficient (Wildman–Crippen LogP) is 1.59. The van der Waals surface area contributed by atoms with E-state index in [1.165, 1.54) is 10.4 Å². The zero-order valence-electron chi connectivity index (χ0n) is 12.6. The molecule has 2 aromatic rings. The average Bonchev–Trinajstić information content (AvgIpc) is 2.82. The number of hydrogen-bond donors (Lipinski definition) is 2. The fraction of sp³-hybridized carbons (Fsp3) is 0.357. The first kappa shape index (κ1) is 14.8. The lowest BCUT2D eigenvalue weighted by Gasteiger charge is -2.20. The first-order chi connectivity index (χ1) is 10.2. The molecule has 0 aliphatic carbocycles. The maximum absolute atomic E-state index is 5.72. The number of nitrogens with two attached hydrogens (primary N) is 1. The number of aromatic nitrogens is 3. The van der Waals surface area contributed by atoms with Crippen LogP contribution in [0.4, 0.5) is 11.6 Å². The highest BCUT2D eigenvalue weighted by Gasteiger charge is 2.03. The van der Waals surface area contributed by atoms with Gasteiger partial charge in [-0.05, 0) is 38.5 Å². The van der Waals surface area contributed by atoms with E-state index in [1.54, 1.807) is 13.1 Å². The van der Waals surface area contributed by atoms with Gasteiger partial charge in [-0.1, -0.05) is 12.1 Å². The Morgan fingerprint density at radius 1 is 1.24 bits per heavy atom. The van der Waals surface area contributed by atoms with E-state index >= 15 is 0 Å². The van der Waals surface area contributed by atoms with Gasteiger partial charge in [0.1, 0.15) is 0 Å². The number of benzene rings is 1. The molecule has 0 radical (unpaired) electrons. The molecule has 1 aromatic carbocycles. The highest BCUT2D eigenvalue weighted by atomic mass is 15.5. The van der Waals surface area contributed by atoms with Crippen LogP contribution in [0, 0.1) is 6.92 Å². The van der Waals surface area contributed by atoms with Gasteiger partial charge in [-0.25, -0.2) is 10.1 Å². The zero-order valence-corrected chi connectivity index (χ0v) is 12.6. The predicted molar refractivity (Wildman–Crippen MR) is 86.1 cm³/mol. The fourth-order valence-corrected chi connectivity index (χ4v) is 1.97. The molecule has 0 spiro atoms. The van der Waals surface area contributed by atoms with Crippen molar-refractivity contribution in [1.29, 1.82) is 0 Å². The van der Waals surface area contributed by atoms with Gasteiger partial charge in [-0.2, -0.15) is 5.10 Å². The van der Waals surface area contributed by atoms with Crippen LogP contribution >= 0.6 is 0 Å². The standard InChI is InChI=1S/C14H21N7/c1-4-20(5-2)13-8-6-12(7-9-13)10-16-18-14-19-17-11(3)21(14)15/h6-10H,4-5,15H2,1-3H3,(H,18,19). The molecule has 0 bridgehead atoms. The highest BCUT2D eigenvalue weighted by Crippen LogP contribution is 2.14. The third kappa shape index (κ3) is 3.50. The van der Waals surface area contributed by atoms with Gasteiger partial charge in [-0.15, -0.1) is 10.2 Å². The molecule has 7 heteroatoms. The van der Waals surface area contributed by atoms with Crippen LogP contribution in [0.25, 0.3) is 0 Å². The number of rotatable bonds is 6. The van der Waals surface area contributed by atoms with Gasteiger partial charge in [0.25, 0.3) is 5.95 Å². The van der Waals surface area contributed by atoms with Crippen molar-refractivity contribution < 1.29 is 0 Å². The summed E-state index contributed by atoms with van der Waals surface area (Å²) >= 11 is 0. The van der Waals surface area contributed by atoms with Crippen molar-refractivity contribution >= 4 is 17.9 Å². The molecule has 0 amide bonds. The quantitative estimate of drug-likeness (QED) is 0.479. The van der Waals surface area contributed by atoms with Crippen LogP contribution in [0.3, 0.4) is 0 Å². The molecular formula is C14H21N7. The van der Waals surface area contributed by atoms with Crippen molar-refractivity contribution in [3.8, 4) is 0 Å². The minimum absolute atomic E-state index is 0.406. The van der Waals surface area contributed by atoms with Crippen LogP contribution in [-0.4, -0.2) is 34.2 Å². The van der Waals surface area contributed by atoms with Crippen molar-refractivity contribution in [2.75, 3.05) is 29.3 Å². The number of nitrogens with one attached hydrogen (secondary N) is 1. The van der Waals surface area contributed by atoms with E-state index in [-0.39, 0.29) is 0 Å². The van der Waals surface area contributed by atoms with Crippen LogP contribution in [-0.2, 0) is 0 Å². The Kier molecular flexibility index (Phi) is 4.76. The summed E-state index contributed by atoms with van der Waals surface area (Å²) in [6, 6.07) is 8.22. The van der Waals surface area contributed by atoms with Crippen LogP contribution in [0.2, 0.25) is 0 Å². The van der Waals surface area contributed by atoms with Crippen molar-refractivity contribution in [2.45, 2.75) is 20.8 Å². The smallest absolute Gasteiger partial charge is 0.263 e. The molecule has 1 aromatic heterocycles. The second kappa shape index (κ2) is 6.74. The number of anilines is 2. The summed E-state index contributed by atoms with van der Waals surface area (Å²) in [4.78, 5) is 2.29. The molecule has 7 nitrogen and oxygen atoms in total. The van der Waals surface area contributed by atoms with Gasteiger partial charge in [-0.3, -0.25) is 0 Å². The number of nitrogen functional groups attached to an aromatic ring is 1. The van der Waals surface area contributed by atoms with E-state index < -0.39 is 0 Å². The second-order valence-corrected chi connectivity index (χ2v) is 4.57. The molecule has 0 fully saturated rings. The molecule has 112 valence electrons. The largest absolute Gasteiger partial charge is 0.372 e. The Bertz CT molecular complexity index is 596. The Labute approximate surface area is 124 Å². The van der Waals surface area contributed by atoms with Crippen LogP contribution in [0.1, 0.15) is 25.2 Å². The Hall–Kier alpha value is -2.57. The Morgan fingerprint density at radius 3 is 2.43 bits per heavy atom.